The summed E-state index contributed by atoms with van der Waals surface area (Å²) in [6.07, 6.45) is 1.59. The third-order valence-corrected chi connectivity index (χ3v) is 3.72. The van der Waals surface area contributed by atoms with Crippen LogP contribution in [0.3, 0.4) is 0 Å². The molecule has 2 heterocycles. The molecule has 0 unspecified atom stereocenters. The molecule has 2 aromatic rings. The maximum absolute atomic E-state index is 11.9. The van der Waals surface area contributed by atoms with Gasteiger partial charge >= 0.3 is 5.97 Å². The highest BCUT2D eigenvalue weighted by Crippen LogP contribution is 2.19. The van der Waals surface area contributed by atoms with Crippen molar-refractivity contribution >= 4 is 45.0 Å². The van der Waals surface area contributed by atoms with Crippen molar-refractivity contribution in [3.63, 3.8) is 0 Å². The van der Waals surface area contributed by atoms with E-state index in [9.17, 15) is 9.59 Å². The first-order valence-electron chi connectivity index (χ1n) is 5.21. The number of anilines is 1. The molecule has 0 aromatic carbocycles. The second-order valence-corrected chi connectivity index (χ2v) is 5.47. The quantitative estimate of drug-likeness (QED) is 0.872. The summed E-state index contributed by atoms with van der Waals surface area (Å²) in [5.41, 5.74) is 0. The third-order valence-electron chi connectivity index (χ3n) is 2.19. The average Bonchev–Trinajstić information content (AvgIpc) is 2.90. The second-order valence-electron chi connectivity index (χ2n) is 3.47. The Labute approximate surface area is 121 Å². The monoisotopic (exact) mass is 340 g/mol. The van der Waals surface area contributed by atoms with Crippen molar-refractivity contribution in [1.82, 2.24) is 4.98 Å². The van der Waals surface area contributed by atoms with Gasteiger partial charge in [0, 0.05) is 10.7 Å². The average molecular weight is 341 g/mol. The molecule has 0 bridgehead atoms. The van der Waals surface area contributed by atoms with Crippen LogP contribution in [0.15, 0.2) is 34.9 Å². The van der Waals surface area contributed by atoms with Crippen LogP contribution in [0.5, 0.6) is 0 Å². The molecule has 1 N–H and O–H groups in total. The number of thiophene rings is 1. The number of pyridine rings is 1. The van der Waals surface area contributed by atoms with Gasteiger partial charge in [0.1, 0.15) is 10.7 Å². The molecule has 7 heteroatoms. The minimum atomic E-state index is -0.453. The van der Waals surface area contributed by atoms with Crippen LogP contribution in [-0.4, -0.2) is 24.0 Å². The predicted octanol–water partition coefficient (Wildman–Crippen LogP) is 2.94. The molecule has 0 radical (unpaired) electrons. The van der Waals surface area contributed by atoms with Gasteiger partial charge in [0.05, 0.1) is 12.0 Å². The van der Waals surface area contributed by atoms with Crippen LogP contribution in [0.25, 0.3) is 0 Å². The molecule has 0 saturated heterocycles. The van der Waals surface area contributed by atoms with E-state index in [1.165, 1.54) is 7.11 Å². The van der Waals surface area contributed by atoms with Gasteiger partial charge in [-0.1, -0.05) is 0 Å². The highest BCUT2D eigenvalue weighted by molar-refractivity contribution is 9.10. The second kappa shape index (κ2) is 5.94. The number of hydrogen-bond acceptors (Lipinski definition) is 5. The Kier molecular flexibility index (Phi) is 4.28. The zero-order valence-corrected chi connectivity index (χ0v) is 12.2. The van der Waals surface area contributed by atoms with E-state index in [-0.39, 0.29) is 5.91 Å². The predicted molar refractivity (Wildman–Crippen MR) is 75.5 cm³/mol. The lowest BCUT2D eigenvalue weighted by molar-refractivity contribution is 0.0606. The Hall–Kier alpha value is -1.73. The van der Waals surface area contributed by atoms with E-state index in [0.29, 0.717) is 15.6 Å². The normalized spacial score (nSPS) is 10.0. The van der Waals surface area contributed by atoms with Crippen LogP contribution in [0.2, 0.25) is 0 Å². The molecular formula is C12H9BrN2O3S. The first-order chi connectivity index (χ1) is 9.10. The molecule has 2 rings (SSSR count). The van der Waals surface area contributed by atoms with Crippen molar-refractivity contribution in [3.05, 3.63) is 44.7 Å². The maximum atomic E-state index is 11.9. The van der Waals surface area contributed by atoms with Crippen molar-refractivity contribution in [2.75, 3.05) is 12.4 Å². The zero-order valence-electron chi connectivity index (χ0n) is 9.84. The SMILES string of the molecule is COC(=O)c1ccc(C(=O)Nc2ccc(Br)cn2)s1. The number of amides is 1. The van der Waals surface area contributed by atoms with Gasteiger partial charge in [0.2, 0.25) is 0 Å². The lowest BCUT2D eigenvalue weighted by Crippen LogP contribution is -2.11. The number of carbonyl (C=O) groups excluding carboxylic acids is 2. The number of nitrogens with one attached hydrogen (secondary N) is 1. The fraction of sp³-hybridized carbons (Fsp3) is 0.0833. The van der Waals surface area contributed by atoms with Gasteiger partial charge < -0.3 is 10.1 Å². The van der Waals surface area contributed by atoms with Gasteiger partial charge in [-0.2, -0.15) is 0 Å². The molecule has 0 spiro atoms. The number of rotatable bonds is 3. The molecular weight excluding hydrogens is 332 g/mol. The first kappa shape index (κ1) is 13.7. The van der Waals surface area contributed by atoms with Gasteiger partial charge in [-0.15, -0.1) is 11.3 Å². The molecule has 19 heavy (non-hydrogen) atoms. The fourth-order valence-electron chi connectivity index (χ4n) is 1.30. The number of methoxy groups -OCH3 is 1. The number of nitrogens with zero attached hydrogens (tertiary/aromatic N) is 1. The van der Waals surface area contributed by atoms with E-state index in [1.807, 2.05) is 0 Å². The Bertz CT molecular complexity index is 610. The minimum Gasteiger partial charge on any atom is -0.465 e. The molecule has 0 fully saturated rings. The molecule has 98 valence electrons. The van der Waals surface area contributed by atoms with E-state index >= 15 is 0 Å². The maximum Gasteiger partial charge on any atom is 0.348 e. The van der Waals surface area contributed by atoms with Gasteiger partial charge in [-0.05, 0) is 40.2 Å². The minimum absolute atomic E-state index is 0.310. The summed E-state index contributed by atoms with van der Waals surface area (Å²) in [4.78, 5) is 28.0. The molecule has 0 aliphatic carbocycles. The van der Waals surface area contributed by atoms with E-state index in [2.05, 4.69) is 31.0 Å². The van der Waals surface area contributed by atoms with E-state index in [1.54, 1.807) is 30.5 Å². The van der Waals surface area contributed by atoms with Crippen molar-refractivity contribution < 1.29 is 14.3 Å². The highest BCUT2D eigenvalue weighted by atomic mass is 79.9. The van der Waals surface area contributed by atoms with Gasteiger partial charge in [-0.3, -0.25) is 4.79 Å². The number of ether oxygens (including phenoxy) is 1. The van der Waals surface area contributed by atoms with Crippen molar-refractivity contribution in [2.24, 2.45) is 0 Å². The van der Waals surface area contributed by atoms with E-state index in [4.69, 9.17) is 0 Å². The standard InChI is InChI=1S/C12H9BrN2O3S/c1-18-12(17)9-4-3-8(19-9)11(16)15-10-5-2-7(13)6-14-10/h2-6H,1H3,(H,14,15,16). The summed E-state index contributed by atoms with van der Waals surface area (Å²) in [6.45, 7) is 0. The van der Waals surface area contributed by atoms with Crippen LogP contribution in [0.1, 0.15) is 19.3 Å². The molecule has 0 atom stereocenters. The number of hydrogen-bond donors (Lipinski definition) is 1. The summed E-state index contributed by atoms with van der Waals surface area (Å²) in [5.74, 6) is -0.318. The van der Waals surface area contributed by atoms with E-state index in [0.717, 1.165) is 15.8 Å². The lowest BCUT2D eigenvalue weighted by atomic mass is 10.4. The number of esters is 1. The Morgan fingerprint density at radius 3 is 2.63 bits per heavy atom. The smallest absolute Gasteiger partial charge is 0.348 e. The Balaban J connectivity index is 2.09. The van der Waals surface area contributed by atoms with Crippen LogP contribution in [0, 0.1) is 0 Å². The van der Waals surface area contributed by atoms with Crippen LogP contribution in [0.4, 0.5) is 5.82 Å². The summed E-state index contributed by atoms with van der Waals surface area (Å²) >= 11 is 4.33. The molecule has 5 nitrogen and oxygen atoms in total. The first-order valence-corrected chi connectivity index (χ1v) is 6.82. The van der Waals surface area contributed by atoms with Gasteiger partial charge in [0.15, 0.2) is 0 Å². The zero-order chi connectivity index (χ0) is 13.8. The number of aromatic nitrogens is 1. The van der Waals surface area contributed by atoms with Gasteiger partial charge in [-0.25, -0.2) is 9.78 Å². The molecule has 2 aromatic heterocycles. The van der Waals surface area contributed by atoms with Crippen LogP contribution >= 0.6 is 27.3 Å². The van der Waals surface area contributed by atoms with Crippen molar-refractivity contribution in [2.45, 2.75) is 0 Å². The summed E-state index contributed by atoms with van der Waals surface area (Å²) in [5, 5.41) is 2.64. The molecule has 0 aliphatic heterocycles. The fourth-order valence-corrected chi connectivity index (χ4v) is 2.35. The number of halogens is 1. The molecule has 1 amide bonds. The summed E-state index contributed by atoms with van der Waals surface area (Å²) < 4.78 is 5.41. The molecule has 0 aliphatic rings. The number of carbonyl (C=O) groups is 2. The lowest BCUT2D eigenvalue weighted by Gasteiger charge is -2.01. The van der Waals surface area contributed by atoms with Gasteiger partial charge in [0.25, 0.3) is 5.91 Å². The Morgan fingerprint density at radius 2 is 2.00 bits per heavy atom. The van der Waals surface area contributed by atoms with Crippen molar-refractivity contribution in [3.8, 4) is 0 Å². The third kappa shape index (κ3) is 3.39. The topological polar surface area (TPSA) is 68.3 Å². The summed E-state index contributed by atoms with van der Waals surface area (Å²) in [7, 11) is 1.30. The highest BCUT2D eigenvalue weighted by Gasteiger charge is 2.14. The Morgan fingerprint density at radius 1 is 1.26 bits per heavy atom. The largest absolute Gasteiger partial charge is 0.465 e. The molecule has 0 saturated carbocycles. The van der Waals surface area contributed by atoms with Crippen molar-refractivity contribution in [1.29, 1.82) is 0 Å². The van der Waals surface area contributed by atoms with Crippen LogP contribution in [-0.2, 0) is 4.74 Å². The summed E-state index contributed by atoms with van der Waals surface area (Å²) in [6, 6.07) is 6.58. The van der Waals surface area contributed by atoms with E-state index < -0.39 is 5.97 Å². The van der Waals surface area contributed by atoms with Crippen LogP contribution < -0.4 is 5.32 Å².